The smallest absolute Gasteiger partial charge is 0.127 e. The first-order chi connectivity index (χ1) is 9.95. The van der Waals surface area contributed by atoms with Gasteiger partial charge in [-0.1, -0.05) is 26.0 Å². The molecule has 2 nitrogen and oxygen atoms in total. The number of ether oxygens (including phenoxy) is 1. The number of hydrogen-bond donors (Lipinski definition) is 1. The monoisotopic (exact) mass is 283 g/mol. The lowest BCUT2D eigenvalue weighted by atomic mass is 10.1. The molecule has 1 N–H and O–H groups in total. The van der Waals surface area contributed by atoms with Crippen molar-refractivity contribution in [2.24, 2.45) is 0 Å². The second kappa shape index (κ2) is 6.77. The van der Waals surface area contributed by atoms with E-state index in [0.29, 0.717) is 6.04 Å². The van der Waals surface area contributed by atoms with E-state index in [2.05, 4.69) is 64.2 Å². The zero-order chi connectivity index (χ0) is 15.4. The van der Waals surface area contributed by atoms with Crippen LogP contribution in [0.2, 0.25) is 0 Å². The van der Waals surface area contributed by atoms with Crippen LogP contribution in [-0.4, -0.2) is 6.04 Å². The molecule has 0 aliphatic heterocycles. The Morgan fingerprint density at radius 3 is 2.05 bits per heavy atom. The van der Waals surface area contributed by atoms with Gasteiger partial charge in [0.25, 0.3) is 0 Å². The molecule has 0 fully saturated rings. The summed E-state index contributed by atoms with van der Waals surface area (Å²) in [5.41, 5.74) is 5.11. The normalized spacial score (nSPS) is 11.0. The van der Waals surface area contributed by atoms with Crippen LogP contribution in [0.4, 0.5) is 0 Å². The molecule has 0 saturated carbocycles. The summed E-state index contributed by atoms with van der Waals surface area (Å²) >= 11 is 0. The van der Waals surface area contributed by atoms with Gasteiger partial charge in [0.05, 0.1) is 0 Å². The molecule has 0 radical (unpaired) electrons. The first-order valence-corrected chi connectivity index (χ1v) is 7.53. The minimum absolute atomic E-state index is 0.496. The van der Waals surface area contributed by atoms with Gasteiger partial charge in [-0.05, 0) is 67.3 Å². The first-order valence-electron chi connectivity index (χ1n) is 7.53. The lowest BCUT2D eigenvalue weighted by Crippen LogP contribution is -2.22. The van der Waals surface area contributed by atoms with Gasteiger partial charge in [-0.25, -0.2) is 0 Å². The number of rotatable bonds is 5. The van der Waals surface area contributed by atoms with Gasteiger partial charge in [0, 0.05) is 12.6 Å². The highest BCUT2D eigenvalue weighted by atomic mass is 16.5. The molecule has 0 atom stereocenters. The highest BCUT2D eigenvalue weighted by Crippen LogP contribution is 2.25. The molecule has 0 spiro atoms. The van der Waals surface area contributed by atoms with E-state index in [-0.39, 0.29) is 0 Å². The van der Waals surface area contributed by atoms with Gasteiger partial charge in [-0.2, -0.15) is 0 Å². The summed E-state index contributed by atoms with van der Waals surface area (Å²) in [5.74, 6) is 1.79. The molecule has 0 heterocycles. The standard InChI is InChI=1S/C19H25NO/c1-13(2)20-12-17-7-9-19(11-16(17)5)21-18-8-6-14(3)15(4)10-18/h6-11,13,20H,12H2,1-5H3. The van der Waals surface area contributed by atoms with Gasteiger partial charge >= 0.3 is 0 Å². The molecule has 112 valence electrons. The third kappa shape index (κ3) is 4.33. The summed E-state index contributed by atoms with van der Waals surface area (Å²) in [6, 6.07) is 13.0. The van der Waals surface area contributed by atoms with Crippen molar-refractivity contribution in [1.29, 1.82) is 0 Å². The van der Waals surface area contributed by atoms with E-state index in [1.165, 1.54) is 22.3 Å². The molecule has 0 unspecified atom stereocenters. The van der Waals surface area contributed by atoms with Crippen LogP contribution in [0, 0.1) is 20.8 Å². The Kier molecular flexibility index (Phi) is 5.03. The Morgan fingerprint density at radius 2 is 1.48 bits per heavy atom. The highest BCUT2D eigenvalue weighted by molar-refractivity contribution is 5.40. The van der Waals surface area contributed by atoms with Crippen molar-refractivity contribution in [2.75, 3.05) is 0 Å². The van der Waals surface area contributed by atoms with Crippen molar-refractivity contribution in [3.63, 3.8) is 0 Å². The van der Waals surface area contributed by atoms with Crippen molar-refractivity contribution in [3.8, 4) is 11.5 Å². The number of benzene rings is 2. The summed E-state index contributed by atoms with van der Waals surface area (Å²) in [6.07, 6.45) is 0. The molecule has 2 aromatic carbocycles. The van der Waals surface area contributed by atoms with Crippen molar-refractivity contribution in [1.82, 2.24) is 5.32 Å². The molecule has 0 aliphatic carbocycles. The van der Waals surface area contributed by atoms with Crippen molar-refractivity contribution >= 4 is 0 Å². The lowest BCUT2D eigenvalue weighted by molar-refractivity contribution is 0.481. The van der Waals surface area contributed by atoms with E-state index in [1.807, 2.05) is 12.1 Å². The zero-order valence-corrected chi connectivity index (χ0v) is 13.7. The van der Waals surface area contributed by atoms with E-state index in [1.54, 1.807) is 0 Å². The van der Waals surface area contributed by atoms with Crippen LogP contribution < -0.4 is 10.1 Å². The number of nitrogens with one attached hydrogen (secondary N) is 1. The summed E-state index contributed by atoms with van der Waals surface area (Å²) in [7, 11) is 0. The molecule has 0 amide bonds. The van der Waals surface area contributed by atoms with Crippen LogP contribution in [-0.2, 0) is 6.54 Å². The second-order valence-corrected chi connectivity index (χ2v) is 5.97. The van der Waals surface area contributed by atoms with Crippen LogP contribution in [0.15, 0.2) is 36.4 Å². The molecular formula is C19H25NO. The van der Waals surface area contributed by atoms with Gasteiger partial charge < -0.3 is 10.1 Å². The van der Waals surface area contributed by atoms with E-state index in [9.17, 15) is 0 Å². The van der Waals surface area contributed by atoms with Crippen LogP contribution >= 0.6 is 0 Å². The maximum Gasteiger partial charge on any atom is 0.127 e. The van der Waals surface area contributed by atoms with Crippen molar-refractivity contribution in [2.45, 2.75) is 47.2 Å². The van der Waals surface area contributed by atoms with Crippen LogP contribution in [0.3, 0.4) is 0 Å². The maximum atomic E-state index is 5.96. The van der Waals surface area contributed by atoms with Crippen LogP contribution in [0.5, 0.6) is 11.5 Å². The average molecular weight is 283 g/mol. The third-order valence-electron chi connectivity index (χ3n) is 3.73. The first kappa shape index (κ1) is 15.6. The topological polar surface area (TPSA) is 21.3 Å². The summed E-state index contributed by atoms with van der Waals surface area (Å²) in [6.45, 7) is 11.6. The number of aryl methyl sites for hydroxylation is 3. The molecule has 0 saturated heterocycles. The molecule has 0 bridgehead atoms. The maximum absolute atomic E-state index is 5.96. The van der Waals surface area contributed by atoms with Gasteiger partial charge in [0.1, 0.15) is 11.5 Å². The van der Waals surface area contributed by atoms with Gasteiger partial charge in [0.2, 0.25) is 0 Å². The molecule has 2 aromatic rings. The van der Waals surface area contributed by atoms with Crippen LogP contribution in [0.25, 0.3) is 0 Å². The average Bonchev–Trinajstić information content (AvgIpc) is 2.42. The number of hydrogen-bond acceptors (Lipinski definition) is 2. The molecule has 0 aromatic heterocycles. The van der Waals surface area contributed by atoms with Gasteiger partial charge in [-0.3, -0.25) is 0 Å². The van der Waals surface area contributed by atoms with Gasteiger partial charge in [-0.15, -0.1) is 0 Å². The van der Waals surface area contributed by atoms with E-state index in [0.717, 1.165) is 18.0 Å². The molecular weight excluding hydrogens is 258 g/mol. The lowest BCUT2D eigenvalue weighted by Gasteiger charge is -2.13. The van der Waals surface area contributed by atoms with Crippen LogP contribution in [0.1, 0.15) is 36.1 Å². The Labute approximate surface area is 128 Å². The van der Waals surface area contributed by atoms with E-state index in [4.69, 9.17) is 4.74 Å². The second-order valence-electron chi connectivity index (χ2n) is 5.97. The van der Waals surface area contributed by atoms with E-state index < -0.39 is 0 Å². The minimum atomic E-state index is 0.496. The minimum Gasteiger partial charge on any atom is -0.457 e. The summed E-state index contributed by atoms with van der Waals surface area (Å²) < 4.78 is 5.96. The predicted octanol–water partition coefficient (Wildman–Crippen LogP) is 4.90. The molecule has 0 aliphatic rings. The molecule has 21 heavy (non-hydrogen) atoms. The Bertz CT molecular complexity index is 617. The SMILES string of the molecule is Cc1ccc(Oc2ccc(CNC(C)C)c(C)c2)cc1C. The largest absolute Gasteiger partial charge is 0.457 e. The van der Waals surface area contributed by atoms with E-state index >= 15 is 0 Å². The van der Waals surface area contributed by atoms with Crippen molar-refractivity contribution in [3.05, 3.63) is 58.7 Å². The third-order valence-corrected chi connectivity index (χ3v) is 3.73. The molecule has 2 rings (SSSR count). The molecule has 2 heteroatoms. The fourth-order valence-electron chi connectivity index (χ4n) is 2.16. The fourth-order valence-corrected chi connectivity index (χ4v) is 2.16. The Balaban J connectivity index is 2.10. The summed E-state index contributed by atoms with van der Waals surface area (Å²) in [5, 5.41) is 3.44. The highest BCUT2D eigenvalue weighted by Gasteiger charge is 2.04. The van der Waals surface area contributed by atoms with Crippen molar-refractivity contribution < 1.29 is 4.74 Å². The summed E-state index contributed by atoms with van der Waals surface area (Å²) in [4.78, 5) is 0. The quantitative estimate of drug-likeness (QED) is 0.842. The Morgan fingerprint density at radius 1 is 0.857 bits per heavy atom. The fraction of sp³-hybridized carbons (Fsp3) is 0.368. The van der Waals surface area contributed by atoms with Gasteiger partial charge in [0.15, 0.2) is 0 Å². The Hall–Kier alpha value is -1.80. The zero-order valence-electron chi connectivity index (χ0n) is 13.7. The predicted molar refractivity (Wildman–Crippen MR) is 89.1 cm³/mol.